The van der Waals surface area contributed by atoms with E-state index in [0.29, 0.717) is 12.3 Å². The number of hydrogen-bond acceptors (Lipinski definition) is 5. The highest BCUT2D eigenvalue weighted by Crippen LogP contribution is 2.16. The molecule has 1 rings (SSSR count). The molecule has 0 aromatic carbocycles. The fourth-order valence-corrected chi connectivity index (χ4v) is 2.44. The van der Waals surface area contributed by atoms with Crippen LogP contribution >= 0.6 is 0 Å². The van der Waals surface area contributed by atoms with Crippen LogP contribution in [0.4, 0.5) is 0 Å². The number of hydrogen-bond donors (Lipinski definition) is 1. The first kappa shape index (κ1) is 18.2. The predicted molar refractivity (Wildman–Crippen MR) is 81.6 cm³/mol. The van der Waals surface area contributed by atoms with Gasteiger partial charge in [0.2, 0.25) is 5.09 Å². The molecule has 0 aliphatic carbocycles. The van der Waals surface area contributed by atoms with Gasteiger partial charge in [-0.15, -0.1) is 0 Å². The zero-order valence-corrected chi connectivity index (χ0v) is 13.9. The van der Waals surface area contributed by atoms with Gasteiger partial charge in [0.05, 0.1) is 6.54 Å². The third-order valence-corrected chi connectivity index (χ3v) is 4.64. The minimum absolute atomic E-state index is 0.0211. The molecule has 21 heavy (non-hydrogen) atoms. The van der Waals surface area contributed by atoms with Crippen molar-refractivity contribution in [1.82, 2.24) is 9.62 Å². The Morgan fingerprint density at radius 1 is 1.24 bits per heavy atom. The van der Waals surface area contributed by atoms with E-state index < -0.39 is 10.0 Å². The van der Waals surface area contributed by atoms with E-state index in [2.05, 4.69) is 12.2 Å². The molecule has 0 amide bonds. The lowest BCUT2D eigenvalue weighted by Gasteiger charge is -2.08. The third kappa shape index (κ3) is 6.17. The molecule has 0 saturated carbocycles. The molecule has 0 spiro atoms. The molecule has 0 aliphatic heterocycles. The van der Waals surface area contributed by atoms with Crippen LogP contribution in [0.2, 0.25) is 0 Å². The summed E-state index contributed by atoms with van der Waals surface area (Å²) in [6, 6.07) is 3.17. The topological polar surface area (TPSA) is 71.8 Å². The highest BCUT2D eigenvalue weighted by Gasteiger charge is 2.21. The Morgan fingerprint density at radius 2 is 1.95 bits per heavy atom. The molecule has 0 fully saturated rings. The van der Waals surface area contributed by atoms with Crippen LogP contribution in [0.5, 0.6) is 0 Å². The van der Waals surface area contributed by atoms with Gasteiger partial charge in [-0.1, -0.05) is 13.3 Å². The average Bonchev–Trinajstić information content (AvgIpc) is 2.91. The summed E-state index contributed by atoms with van der Waals surface area (Å²) in [6.45, 7) is 5.02. The molecule has 0 unspecified atom stereocenters. The Morgan fingerprint density at radius 3 is 2.62 bits per heavy atom. The summed E-state index contributed by atoms with van der Waals surface area (Å²) in [5.41, 5.74) is 0. The van der Waals surface area contributed by atoms with Crippen LogP contribution < -0.4 is 5.32 Å². The van der Waals surface area contributed by atoms with Crippen LogP contribution in [0.1, 0.15) is 31.9 Å². The maximum atomic E-state index is 11.8. The van der Waals surface area contributed by atoms with Crippen molar-refractivity contribution in [3.63, 3.8) is 0 Å². The van der Waals surface area contributed by atoms with Crippen LogP contribution in [0.3, 0.4) is 0 Å². The van der Waals surface area contributed by atoms with Gasteiger partial charge in [0.15, 0.2) is 0 Å². The lowest BCUT2D eigenvalue weighted by molar-refractivity contribution is 0.128. The highest BCUT2D eigenvalue weighted by atomic mass is 32.2. The van der Waals surface area contributed by atoms with Crippen LogP contribution in [-0.2, 0) is 21.3 Å². The van der Waals surface area contributed by atoms with Crippen molar-refractivity contribution in [2.24, 2.45) is 0 Å². The molecule has 0 atom stereocenters. The van der Waals surface area contributed by atoms with E-state index in [1.807, 2.05) is 0 Å². The molecule has 122 valence electrons. The second-order valence-electron chi connectivity index (χ2n) is 5.00. The number of furan rings is 1. The zero-order chi connectivity index (χ0) is 15.7. The van der Waals surface area contributed by atoms with Crippen LogP contribution in [0, 0.1) is 0 Å². The largest absolute Gasteiger partial charge is 0.447 e. The molecule has 0 saturated heterocycles. The fraction of sp³-hybridized carbons (Fsp3) is 0.714. The maximum absolute atomic E-state index is 11.8. The third-order valence-electron chi connectivity index (χ3n) is 2.96. The monoisotopic (exact) mass is 318 g/mol. The first-order chi connectivity index (χ1) is 9.98. The van der Waals surface area contributed by atoms with Crippen molar-refractivity contribution in [3.05, 3.63) is 17.9 Å². The zero-order valence-electron chi connectivity index (χ0n) is 13.1. The van der Waals surface area contributed by atoms with Gasteiger partial charge in [-0.3, -0.25) is 0 Å². The Kier molecular flexibility index (Phi) is 7.95. The first-order valence-corrected chi connectivity index (χ1v) is 8.72. The lowest BCUT2D eigenvalue weighted by atomic mass is 10.3. The summed E-state index contributed by atoms with van der Waals surface area (Å²) < 4.78 is 35.6. The van der Waals surface area contributed by atoms with E-state index in [-0.39, 0.29) is 5.09 Å². The summed E-state index contributed by atoms with van der Waals surface area (Å²) in [5.74, 6) is 0.613. The summed E-state index contributed by atoms with van der Waals surface area (Å²) in [7, 11) is -0.524. The van der Waals surface area contributed by atoms with Gasteiger partial charge in [-0.05, 0) is 31.5 Å². The molecular formula is C14H26N2O4S. The predicted octanol–water partition coefficient (Wildman–Crippen LogP) is 1.83. The van der Waals surface area contributed by atoms with Gasteiger partial charge in [-0.2, -0.15) is 0 Å². The Balaban J connectivity index is 2.24. The van der Waals surface area contributed by atoms with Crippen LogP contribution in [0.15, 0.2) is 21.6 Å². The lowest BCUT2D eigenvalue weighted by Crippen LogP contribution is -2.21. The average molecular weight is 318 g/mol. The van der Waals surface area contributed by atoms with Gasteiger partial charge in [0.1, 0.15) is 5.76 Å². The number of nitrogens with one attached hydrogen (secondary N) is 1. The molecule has 0 bridgehead atoms. The fourth-order valence-electron chi connectivity index (χ4n) is 1.63. The molecule has 7 heteroatoms. The second kappa shape index (κ2) is 9.19. The quantitative estimate of drug-likeness (QED) is 0.630. The maximum Gasteiger partial charge on any atom is 0.275 e. The summed E-state index contributed by atoms with van der Waals surface area (Å²) in [4.78, 5) is 0. The van der Waals surface area contributed by atoms with E-state index in [4.69, 9.17) is 9.15 Å². The van der Waals surface area contributed by atoms with E-state index in [1.165, 1.54) is 20.2 Å². The Hall–Kier alpha value is -0.890. The van der Waals surface area contributed by atoms with Crippen molar-refractivity contribution >= 4 is 10.0 Å². The molecular weight excluding hydrogens is 292 g/mol. The summed E-state index contributed by atoms with van der Waals surface area (Å²) in [6.07, 6.45) is 3.17. The van der Waals surface area contributed by atoms with E-state index in [9.17, 15) is 8.42 Å². The van der Waals surface area contributed by atoms with Crippen LogP contribution in [0.25, 0.3) is 0 Å². The van der Waals surface area contributed by atoms with Crippen molar-refractivity contribution in [2.45, 2.75) is 37.8 Å². The summed E-state index contributed by atoms with van der Waals surface area (Å²) in [5, 5.41) is 3.18. The SMILES string of the molecule is CCCCOCCCNCc1ccc(S(=O)(=O)N(C)C)o1. The molecule has 1 aromatic heterocycles. The van der Waals surface area contributed by atoms with Gasteiger partial charge in [0, 0.05) is 27.3 Å². The number of nitrogens with zero attached hydrogens (tertiary/aromatic N) is 1. The standard InChI is InChI=1S/C14H26N2O4S/c1-4-5-10-19-11-6-9-15-12-13-7-8-14(20-13)21(17,18)16(2)3/h7-8,15H,4-6,9-12H2,1-3H3. The smallest absolute Gasteiger partial charge is 0.275 e. The van der Waals surface area contributed by atoms with Crippen molar-refractivity contribution < 1.29 is 17.6 Å². The van der Waals surface area contributed by atoms with Gasteiger partial charge < -0.3 is 14.5 Å². The van der Waals surface area contributed by atoms with E-state index in [1.54, 1.807) is 6.07 Å². The van der Waals surface area contributed by atoms with Crippen molar-refractivity contribution in [3.8, 4) is 0 Å². The molecule has 1 N–H and O–H groups in total. The Labute approximate surface area is 127 Å². The Bertz CT molecular complexity index is 497. The van der Waals surface area contributed by atoms with E-state index >= 15 is 0 Å². The van der Waals surface area contributed by atoms with Gasteiger partial charge >= 0.3 is 0 Å². The molecule has 0 aliphatic rings. The van der Waals surface area contributed by atoms with E-state index in [0.717, 1.165) is 43.3 Å². The number of sulfonamides is 1. The number of rotatable bonds is 11. The molecule has 1 aromatic rings. The van der Waals surface area contributed by atoms with Gasteiger partial charge in [-0.25, -0.2) is 12.7 Å². The normalized spacial score (nSPS) is 12.2. The number of unbranched alkanes of at least 4 members (excludes halogenated alkanes) is 1. The summed E-state index contributed by atoms with van der Waals surface area (Å²) >= 11 is 0. The van der Waals surface area contributed by atoms with Crippen molar-refractivity contribution in [1.29, 1.82) is 0 Å². The van der Waals surface area contributed by atoms with Crippen molar-refractivity contribution in [2.75, 3.05) is 33.9 Å². The first-order valence-electron chi connectivity index (χ1n) is 7.28. The molecule has 6 nitrogen and oxygen atoms in total. The van der Waals surface area contributed by atoms with Crippen LogP contribution in [-0.4, -0.2) is 46.6 Å². The minimum Gasteiger partial charge on any atom is -0.447 e. The van der Waals surface area contributed by atoms with Gasteiger partial charge in [0.25, 0.3) is 10.0 Å². The number of ether oxygens (including phenoxy) is 1. The minimum atomic E-state index is -3.49. The molecule has 0 radical (unpaired) electrons. The highest BCUT2D eigenvalue weighted by molar-refractivity contribution is 7.88. The second-order valence-corrected chi connectivity index (χ2v) is 7.09. The molecule has 1 heterocycles.